The number of ether oxygens (including phenoxy) is 1. The first kappa shape index (κ1) is 17.3. The van der Waals surface area contributed by atoms with Gasteiger partial charge in [-0.3, -0.25) is 0 Å². The summed E-state index contributed by atoms with van der Waals surface area (Å²) in [7, 11) is 3.30. The average molecular weight is 349 g/mol. The van der Waals surface area contributed by atoms with Crippen LogP contribution < -0.4 is 10.2 Å². The topological polar surface area (TPSA) is 80.2 Å². The summed E-state index contributed by atoms with van der Waals surface area (Å²) in [5, 5.41) is 11.1. The smallest absolute Gasteiger partial charge is 0.337 e. The molecule has 0 amide bonds. The van der Waals surface area contributed by atoms with Gasteiger partial charge in [0.05, 0.1) is 18.9 Å². The normalized spacial score (nSPS) is 10.2. The lowest BCUT2D eigenvalue weighted by atomic mass is 10.2. The summed E-state index contributed by atoms with van der Waals surface area (Å²) in [4.78, 5) is 18.0. The molecule has 0 unspecified atom stereocenters. The fourth-order valence-electron chi connectivity index (χ4n) is 2.41. The van der Waals surface area contributed by atoms with Crippen LogP contribution >= 0.6 is 0 Å². The molecule has 132 valence electrons. The minimum Gasteiger partial charge on any atom is -0.465 e. The van der Waals surface area contributed by atoms with Crippen LogP contribution in [-0.4, -0.2) is 35.3 Å². The van der Waals surface area contributed by atoms with E-state index in [2.05, 4.69) is 37.4 Å². The molecule has 0 bridgehead atoms. The van der Waals surface area contributed by atoms with Gasteiger partial charge in [0, 0.05) is 19.3 Å². The molecule has 0 aliphatic carbocycles. The van der Waals surface area contributed by atoms with E-state index in [1.165, 1.54) is 12.7 Å². The van der Waals surface area contributed by atoms with Crippen LogP contribution in [0.3, 0.4) is 0 Å². The van der Waals surface area contributed by atoms with Gasteiger partial charge in [-0.25, -0.2) is 4.79 Å². The number of methoxy groups -OCH3 is 1. The fraction of sp³-hybridized carbons (Fsp3) is 0.158. The minimum atomic E-state index is -0.376. The van der Waals surface area contributed by atoms with Gasteiger partial charge in [-0.05, 0) is 29.8 Å². The number of rotatable bonds is 6. The van der Waals surface area contributed by atoms with E-state index in [0.29, 0.717) is 23.9 Å². The van der Waals surface area contributed by atoms with Gasteiger partial charge < -0.3 is 15.0 Å². The second-order valence-electron chi connectivity index (χ2n) is 5.67. The Balaban J connectivity index is 1.70. The van der Waals surface area contributed by atoms with Crippen molar-refractivity contribution in [3.05, 3.63) is 71.9 Å². The molecule has 1 heterocycles. The lowest BCUT2D eigenvalue weighted by molar-refractivity contribution is 0.0601. The van der Waals surface area contributed by atoms with Crippen LogP contribution in [0.4, 0.5) is 17.5 Å². The van der Waals surface area contributed by atoms with Crippen molar-refractivity contribution in [1.82, 2.24) is 15.2 Å². The Hall–Kier alpha value is -3.48. The van der Waals surface area contributed by atoms with Gasteiger partial charge in [0.25, 0.3) is 0 Å². The zero-order valence-corrected chi connectivity index (χ0v) is 14.6. The first-order valence-corrected chi connectivity index (χ1v) is 8.06. The molecule has 0 saturated carbocycles. The number of aromatic nitrogens is 3. The fourth-order valence-corrected chi connectivity index (χ4v) is 2.41. The molecule has 0 spiro atoms. The third kappa shape index (κ3) is 4.32. The van der Waals surface area contributed by atoms with Crippen molar-refractivity contribution in [2.45, 2.75) is 6.54 Å². The van der Waals surface area contributed by atoms with E-state index >= 15 is 0 Å². The molecule has 3 aromatic rings. The van der Waals surface area contributed by atoms with Gasteiger partial charge in [-0.1, -0.05) is 30.3 Å². The number of carbonyl (C=O) groups is 1. The zero-order chi connectivity index (χ0) is 18.4. The summed E-state index contributed by atoms with van der Waals surface area (Å²) in [6, 6.07) is 17.0. The standard InChI is InChI=1S/C19H19N5O2/c1-24(13-14-6-4-3-5-7-14)17-12-20-23-19(22-17)21-16-10-8-15(9-11-16)18(25)26-2/h3-12H,13H2,1-2H3,(H,21,22,23). The molecule has 0 aliphatic rings. The van der Waals surface area contributed by atoms with Gasteiger partial charge in [-0.2, -0.15) is 10.1 Å². The predicted octanol–water partition coefficient (Wildman–Crippen LogP) is 3.04. The van der Waals surface area contributed by atoms with E-state index in [-0.39, 0.29) is 5.97 Å². The molecule has 0 aliphatic heterocycles. The summed E-state index contributed by atoms with van der Waals surface area (Å²) < 4.78 is 4.69. The van der Waals surface area contributed by atoms with Crippen molar-refractivity contribution in [2.75, 3.05) is 24.4 Å². The summed E-state index contributed by atoms with van der Waals surface area (Å²) in [6.45, 7) is 0.715. The Kier molecular flexibility index (Phi) is 5.38. The molecule has 3 rings (SSSR count). The van der Waals surface area contributed by atoms with Crippen molar-refractivity contribution in [1.29, 1.82) is 0 Å². The van der Waals surface area contributed by atoms with Gasteiger partial charge >= 0.3 is 5.97 Å². The van der Waals surface area contributed by atoms with Gasteiger partial charge in [-0.15, -0.1) is 5.10 Å². The Bertz CT molecular complexity index is 869. The highest BCUT2D eigenvalue weighted by atomic mass is 16.5. The van der Waals surface area contributed by atoms with Crippen LogP contribution in [0.1, 0.15) is 15.9 Å². The Morgan fingerprint density at radius 3 is 2.54 bits per heavy atom. The monoisotopic (exact) mass is 349 g/mol. The molecule has 7 heteroatoms. The van der Waals surface area contributed by atoms with Crippen LogP contribution in [0.15, 0.2) is 60.8 Å². The van der Waals surface area contributed by atoms with Crippen LogP contribution in [0.5, 0.6) is 0 Å². The number of nitrogens with one attached hydrogen (secondary N) is 1. The lowest BCUT2D eigenvalue weighted by Gasteiger charge is -2.18. The summed E-state index contributed by atoms with van der Waals surface area (Å²) in [5.41, 5.74) is 2.41. The number of carbonyl (C=O) groups excluding carboxylic acids is 1. The molecule has 1 aromatic heterocycles. The van der Waals surface area contributed by atoms with Crippen molar-refractivity contribution in [3.63, 3.8) is 0 Å². The van der Waals surface area contributed by atoms with E-state index in [0.717, 1.165) is 5.69 Å². The molecule has 0 atom stereocenters. The molecule has 0 radical (unpaired) electrons. The van der Waals surface area contributed by atoms with Gasteiger partial charge in [0.15, 0.2) is 5.82 Å². The highest BCUT2D eigenvalue weighted by molar-refractivity contribution is 5.89. The highest BCUT2D eigenvalue weighted by Gasteiger charge is 2.08. The number of nitrogens with zero attached hydrogens (tertiary/aromatic N) is 4. The van der Waals surface area contributed by atoms with Gasteiger partial charge in [0.1, 0.15) is 0 Å². The van der Waals surface area contributed by atoms with Crippen LogP contribution in [-0.2, 0) is 11.3 Å². The van der Waals surface area contributed by atoms with Crippen LogP contribution in [0, 0.1) is 0 Å². The quantitative estimate of drug-likeness (QED) is 0.685. The Morgan fingerprint density at radius 2 is 1.85 bits per heavy atom. The average Bonchev–Trinajstić information content (AvgIpc) is 2.69. The van der Waals surface area contributed by atoms with E-state index in [4.69, 9.17) is 0 Å². The summed E-state index contributed by atoms with van der Waals surface area (Å²) in [5.74, 6) is 0.713. The van der Waals surface area contributed by atoms with Crippen molar-refractivity contribution in [2.24, 2.45) is 0 Å². The summed E-state index contributed by atoms with van der Waals surface area (Å²) in [6.07, 6.45) is 1.62. The van der Waals surface area contributed by atoms with E-state index in [1.54, 1.807) is 30.5 Å². The lowest BCUT2D eigenvalue weighted by Crippen LogP contribution is -2.18. The zero-order valence-electron chi connectivity index (χ0n) is 14.6. The van der Waals surface area contributed by atoms with E-state index in [9.17, 15) is 4.79 Å². The summed E-state index contributed by atoms with van der Waals surface area (Å²) >= 11 is 0. The first-order chi connectivity index (χ1) is 12.7. The largest absolute Gasteiger partial charge is 0.465 e. The SMILES string of the molecule is COC(=O)c1ccc(Nc2nncc(N(C)Cc3ccccc3)n2)cc1. The second kappa shape index (κ2) is 8.06. The molecular formula is C19H19N5O2. The molecule has 2 aromatic carbocycles. The van der Waals surface area contributed by atoms with Crippen molar-refractivity contribution >= 4 is 23.4 Å². The van der Waals surface area contributed by atoms with Crippen molar-refractivity contribution < 1.29 is 9.53 Å². The molecule has 0 saturated heterocycles. The first-order valence-electron chi connectivity index (χ1n) is 8.06. The molecule has 7 nitrogen and oxygen atoms in total. The number of esters is 1. The van der Waals surface area contributed by atoms with E-state index < -0.39 is 0 Å². The number of anilines is 3. The van der Waals surface area contributed by atoms with Gasteiger partial charge in [0.2, 0.25) is 5.95 Å². The number of hydrogen-bond donors (Lipinski definition) is 1. The number of hydrogen-bond acceptors (Lipinski definition) is 7. The Labute approximate surface area is 151 Å². The van der Waals surface area contributed by atoms with Crippen molar-refractivity contribution in [3.8, 4) is 0 Å². The molecule has 26 heavy (non-hydrogen) atoms. The molecule has 1 N–H and O–H groups in total. The maximum absolute atomic E-state index is 11.5. The van der Waals surface area contributed by atoms with Crippen LogP contribution in [0.2, 0.25) is 0 Å². The third-order valence-electron chi connectivity index (χ3n) is 3.76. The molecule has 0 fully saturated rings. The minimum absolute atomic E-state index is 0.376. The maximum atomic E-state index is 11.5. The second-order valence-corrected chi connectivity index (χ2v) is 5.67. The third-order valence-corrected chi connectivity index (χ3v) is 3.76. The maximum Gasteiger partial charge on any atom is 0.337 e. The molecular weight excluding hydrogens is 330 g/mol. The van der Waals surface area contributed by atoms with E-state index in [1.807, 2.05) is 30.1 Å². The number of benzene rings is 2. The highest BCUT2D eigenvalue weighted by Crippen LogP contribution is 2.17. The predicted molar refractivity (Wildman–Crippen MR) is 99.4 cm³/mol. The Morgan fingerprint density at radius 1 is 1.12 bits per heavy atom. The van der Waals surface area contributed by atoms with Crippen LogP contribution in [0.25, 0.3) is 0 Å².